The van der Waals surface area contributed by atoms with E-state index in [-0.39, 0.29) is 5.57 Å². The highest BCUT2D eigenvalue weighted by molar-refractivity contribution is 7.88. The fourth-order valence-electron chi connectivity index (χ4n) is 0.432. The number of methoxy groups -OCH3 is 1. The summed E-state index contributed by atoms with van der Waals surface area (Å²) in [7, 11) is -3.13. The van der Waals surface area contributed by atoms with E-state index in [0.717, 1.165) is 7.11 Å². The summed E-state index contributed by atoms with van der Waals surface area (Å²) in [5, 5.41) is 0.429. The molecule has 5 nitrogen and oxygen atoms in total. The van der Waals surface area contributed by atoms with Crippen molar-refractivity contribution >= 4 is 16.1 Å². The average Bonchev–Trinajstić information content (AvgIpc) is 1.82. The van der Waals surface area contributed by atoms with Crippen LogP contribution in [0.25, 0.3) is 0 Å². The van der Waals surface area contributed by atoms with Gasteiger partial charge in [-0.3, -0.25) is 4.55 Å². The van der Waals surface area contributed by atoms with Gasteiger partial charge in [0.1, 0.15) is 0 Å². The molecule has 0 heterocycles. The van der Waals surface area contributed by atoms with Gasteiger partial charge in [-0.2, -0.15) is 8.42 Å². The summed E-state index contributed by atoms with van der Waals surface area (Å²) < 4.78 is 32.7. The van der Waals surface area contributed by atoms with Gasteiger partial charge in [-0.1, -0.05) is 0 Å². The predicted molar refractivity (Wildman–Crippen MR) is 37.3 cm³/mol. The predicted octanol–water partition coefficient (Wildman–Crippen LogP) is -0.0490. The standard InChI is InChI=1S/C5H8O5S/c1-4(5(6)10-2)3-11(7,8)9/h3H,1-2H3,(H,7,8,9). The molecule has 0 aromatic heterocycles. The van der Waals surface area contributed by atoms with Crippen molar-refractivity contribution in [3.8, 4) is 0 Å². The zero-order valence-electron chi connectivity index (χ0n) is 6.07. The van der Waals surface area contributed by atoms with E-state index in [4.69, 9.17) is 4.55 Å². The molecule has 0 aromatic carbocycles. The van der Waals surface area contributed by atoms with Crippen LogP contribution in [0.3, 0.4) is 0 Å². The zero-order valence-corrected chi connectivity index (χ0v) is 6.88. The molecule has 1 N–H and O–H groups in total. The molecule has 0 saturated heterocycles. The number of hydrogen-bond donors (Lipinski definition) is 1. The molecule has 0 fully saturated rings. The summed E-state index contributed by atoms with van der Waals surface area (Å²) in [5.41, 5.74) is -0.171. The van der Waals surface area contributed by atoms with E-state index in [2.05, 4.69) is 4.74 Å². The van der Waals surface area contributed by atoms with E-state index < -0.39 is 16.1 Å². The minimum absolute atomic E-state index is 0.171. The minimum atomic E-state index is -4.24. The Labute approximate surface area is 64.4 Å². The van der Waals surface area contributed by atoms with Gasteiger partial charge in [-0.25, -0.2) is 4.79 Å². The first-order valence-electron chi connectivity index (χ1n) is 2.61. The molecule has 0 atom stereocenters. The summed E-state index contributed by atoms with van der Waals surface area (Å²) in [6.45, 7) is 1.22. The quantitative estimate of drug-likeness (QED) is 0.366. The van der Waals surface area contributed by atoms with E-state index in [1.165, 1.54) is 6.92 Å². The second-order valence-electron chi connectivity index (χ2n) is 1.81. The molecule has 6 heteroatoms. The molecule has 0 saturated carbocycles. The number of hydrogen-bond acceptors (Lipinski definition) is 4. The summed E-state index contributed by atoms with van der Waals surface area (Å²) in [6, 6.07) is 0. The third-order valence-corrected chi connectivity index (χ3v) is 1.48. The van der Waals surface area contributed by atoms with Crippen molar-refractivity contribution in [1.29, 1.82) is 0 Å². The number of esters is 1. The lowest BCUT2D eigenvalue weighted by Crippen LogP contribution is -2.04. The average molecular weight is 180 g/mol. The smallest absolute Gasteiger partial charge is 0.334 e. The number of carbonyl (C=O) groups is 1. The van der Waals surface area contributed by atoms with Crippen molar-refractivity contribution in [3.05, 3.63) is 11.0 Å². The molecular weight excluding hydrogens is 172 g/mol. The van der Waals surface area contributed by atoms with E-state index >= 15 is 0 Å². The summed E-state index contributed by atoms with van der Waals surface area (Å²) in [5.74, 6) is -0.789. The third kappa shape index (κ3) is 4.51. The van der Waals surface area contributed by atoms with Gasteiger partial charge in [0.15, 0.2) is 0 Å². The summed E-state index contributed by atoms with van der Waals surface area (Å²) in [6.07, 6.45) is 0. The van der Waals surface area contributed by atoms with Crippen molar-refractivity contribution in [2.45, 2.75) is 6.92 Å². The topological polar surface area (TPSA) is 80.7 Å². The Morgan fingerprint density at radius 2 is 2.00 bits per heavy atom. The van der Waals surface area contributed by atoms with Gasteiger partial charge in [-0.15, -0.1) is 0 Å². The van der Waals surface area contributed by atoms with Gasteiger partial charge >= 0.3 is 5.97 Å². The lowest BCUT2D eigenvalue weighted by atomic mass is 10.4. The normalized spacial score (nSPS) is 12.8. The Hall–Kier alpha value is -0.880. The van der Waals surface area contributed by atoms with Gasteiger partial charge in [0.25, 0.3) is 10.1 Å². The van der Waals surface area contributed by atoms with Crippen molar-refractivity contribution in [2.24, 2.45) is 0 Å². The van der Waals surface area contributed by atoms with Crippen LogP contribution in [0.4, 0.5) is 0 Å². The Bertz CT molecular complexity index is 273. The van der Waals surface area contributed by atoms with Gasteiger partial charge in [-0.05, 0) is 6.92 Å². The fraction of sp³-hybridized carbons (Fsp3) is 0.400. The Morgan fingerprint density at radius 3 is 2.27 bits per heavy atom. The van der Waals surface area contributed by atoms with Crippen molar-refractivity contribution in [3.63, 3.8) is 0 Å². The molecule has 0 bridgehead atoms. The Balaban J connectivity index is 4.62. The molecule has 0 radical (unpaired) electrons. The lowest BCUT2D eigenvalue weighted by molar-refractivity contribution is -0.136. The van der Waals surface area contributed by atoms with Crippen LogP contribution < -0.4 is 0 Å². The first-order chi connectivity index (χ1) is 4.87. The molecule has 0 aliphatic heterocycles. The maximum absolute atomic E-state index is 10.5. The van der Waals surface area contributed by atoms with E-state index in [1.54, 1.807) is 0 Å². The molecule has 0 rings (SSSR count). The Morgan fingerprint density at radius 1 is 1.55 bits per heavy atom. The van der Waals surface area contributed by atoms with Gasteiger partial charge in [0, 0.05) is 5.57 Å². The second kappa shape index (κ2) is 3.49. The molecule has 0 amide bonds. The minimum Gasteiger partial charge on any atom is -0.466 e. The highest BCUT2D eigenvalue weighted by atomic mass is 32.2. The summed E-state index contributed by atoms with van der Waals surface area (Å²) in [4.78, 5) is 10.5. The first-order valence-corrected chi connectivity index (χ1v) is 4.11. The van der Waals surface area contributed by atoms with Crippen LogP contribution in [0, 0.1) is 0 Å². The van der Waals surface area contributed by atoms with Gasteiger partial charge in [0.05, 0.1) is 12.5 Å². The molecule has 0 aromatic rings. The van der Waals surface area contributed by atoms with Crippen LogP contribution in [-0.4, -0.2) is 26.0 Å². The van der Waals surface area contributed by atoms with Crippen LogP contribution in [0.15, 0.2) is 11.0 Å². The molecule has 11 heavy (non-hydrogen) atoms. The monoisotopic (exact) mass is 180 g/mol. The second-order valence-corrected chi connectivity index (χ2v) is 3.07. The first kappa shape index (κ1) is 10.1. The number of carbonyl (C=O) groups excluding carboxylic acids is 1. The van der Waals surface area contributed by atoms with Crippen LogP contribution in [-0.2, 0) is 19.6 Å². The SMILES string of the molecule is COC(=O)C(C)=CS(=O)(=O)O. The van der Waals surface area contributed by atoms with Crippen molar-refractivity contribution < 1.29 is 22.5 Å². The molecule has 0 aliphatic carbocycles. The van der Waals surface area contributed by atoms with E-state index in [0.29, 0.717) is 5.41 Å². The Kier molecular flexibility index (Phi) is 3.21. The summed E-state index contributed by atoms with van der Waals surface area (Å²) >= 11 is 0. The van der Waals surface area contributed by atoms with Crippen LogP contribution in [0.1, 0.15) is 6.92 Å². The highest BCUT2D eigenvalue weighted by Gasteiger charge is 2.07. The number of rotatable bonds is 2. The van der Waals surface area contributed by atoms with Crippen LogP contribution in [0.5, 0.6) is 0 Å². The van der Waals surface area contributed by atoms with Crippen LogP contribution >= 0.6 is 0 Å². The zero-order chi connectivity index (χ0) is 9.07. The molecule has 0 spiro atoms. The maximum Gasteiger partial charge on any atom is 0.334 e. The third-order valence-electron chi connectivity index (χ3n) is 0.833. The fourth-order valence-corrected chi connectivity index (χ4v) is 0.976. The molecule has 64 valence electrons. The van der Waals surface area contributed by atoms with Crippen molar-refractivity contribution in [2.75, 3.05) is 7.11 Å². The van der Waals surface area contributed by atoms with E-state index in [1.807, 2.05) is 0 Å². The number of ether oxygens (including phenoxy) is 1. The molecule has 0 aliphatic rings. The van der Waals surface area contributed by atoms with Crippen LogP contribution in [0.2, 0.25) is 0 Å². The largest absolute Gasteiger partial charge is 0.466 e. The highest BCUT2D eigenvalue weighted by Crippen LogP contribution is 1.98. The van der Waals surface area contributed by atoms with Gasteiger partial charge < -0.3 is 4.74 Å². The van der Waals surface area contributed by atoms with E-state index in [9.17, 15) is 13.2 Å². The molecular formula is C5H8O5S. The lowest BCUT2D eigenvalue weighted by Gasteiger charge is -1.95. The van der Waals surface area contributed by atoms with Gasteiger partial charge in [0.2, 0.25) is 0 Å². The maximum atomic E-state index is 10.5. The van der Waals surface area contributed by atoms with Crippen molar-refractivity contribution in [1.82, 2.24) is 0 Å². The molecule has 0 unspecified atom stereocenters.